The van der Waals surface area contributed by atoms with Crippen LogP contribution in [0.1, 0.15) is 5.56 Å². The molecule has 11 heavy (non-hydrogen) atoms. The van der Waals surface area contributed by atoms with Crippen molar-refractivity contribution in [3.8, 4) is 0 Å². The van der Waals surface area contributed by atoms with E-state index in [4.69, 9.17) is 0 Å². The Morgan fingerprint density at radius 2 is 1.82 bits per heavy atom. The maximum Gasteiger partial charge on any atom is 1.00 e. The molecule has 0 aliphatic carbocycles. The Hall–Kier alpha value is 0.985. The molecule has 0 aliphatic rings. The summed E-state index contributed by atoms with van der Waals surface area (Å²) >= 11 is 0. The normalized spacial score (nSPS) is 8.82. The fraction of sp³-hybridized carbons (Fsp3) is 0.333. The van der Waals surface area contributed by atoms with E-state index < -0.39 is 0 Å². The van der Waals surface area contributed by atoms with Gasteiger partial charge in [-0.05, 0) is 12.0 Å². The van der Waals surface area contributed by atoms with E-state index in [0.29, 0.717) is 0 Å². The van der Waals surface area contributed by atoms with Crippen LogP contribution in [0.3, 0.4) is 0 Å². The first-order valence-electron chi connectivity index (χ1n) is 3.53. The number of hydrogen-bond donors (Lipinski definition) is 0. The van der Waals surface area contributed by atoms with Gasteiger partial charge in [0.1, 0.15) is 0 Å². The Morgan fingerprint density at radius 1 is 1.18 bits per heavy atom. The van der Waals surface area contributed by atoms with Gasteiger partial charge in [-0.25, -0.2) is 0 Å². The summed E-state index contributed by atoms with van der Waals surface area (Å²) in [5, 5.41) is 4.03. The van der Waals surface area contributed by atoms with E-state index in [1.54, 1.807) is 0 Å². The van der Waals surface area contributed by atoms with Crippen molar-refractivity contribution in [2.24, 2.45) is 0 Å². The van der Waals surface area contributed by atoms with Crippen molar-refractivity contribution < 1.29 is 58.2 Å². The predicted octanol–water partition coefficient (Wildman–Crippen LogP) is -0.763. The molecule has 0 aromatic heterocycles. The van der Waals surface area contributed by atoms with Gasteiger partial charge < -0.3 is 5.32 Å². The van der Waals surface area contributed by atoms with Crippen molar-refractivity contribution in [1.82, 2.24) is 0 Å². The second kappa shape index (κ2) is 7.62. The predicted molar refractivity (Wildman–Crippen MR) is 44.3 cm³/mol. The van der Waals surface area contributed by atoms with E-state index >= 15 is 0 Å². The summed E-state index contributed by atoms with van der Waals surface area (Å²) in [4.78, 5) is 0. The first-order valence-corrected chi connectivity index (χ1v) is 3.53. The van der Waals surface area contributed by atoms with Crippen LogP contribution in [0.15, 0.2) is 30.3 Å². The summed E-state index contributed by atoms with van der Waals surface area (Å²) in [5.74, 6) is 0. The van der Waals surface area contributed by atoms with E-state index in [2.05, 4.69) is 29.6 Å². The molecule has 0 unspecified atom stereocenters. The Balaban J connectivity index is 0.000001000. The van der Waals surface area contributed by atoms with Crippen molar-refractivity contribution >= 4 is 0 Å². The number of rotatable bonds is 3. The van der Waals surface area contributed by atoms with Gasteiger partial charge in [0, 0.05) is 0 Å². The molecule has 0 amide bonds. The molecular formula is C9H12NRb. The van der Waals surface area contributed by atoms with Crippen molar-refractivity contribution in [3.63, 3.8) is 0 Å². The van der Waals surface area contributed by atoms with Gasteiger partial charge in [0.15, 0.2) is 0 Å². The molecule has 0 saturated heterocycles. The molecule has 1 nitrogen and oxygen atoms in total. The first kappa shape index (κ1) is 12.0. The Morgan fingerprint density at radius 3 is 2.36 bits per heavy atom. The van der Waals surface area contributed by atoms with Crippen LogP contribution in [0.25, 0.3) is 5.32 Å². The maximum atomic E-state index is 4.03. The van der Waals surface area contributed by atoms with Gasteiger partial charge in [0.25, 0.3) is 0 Å². The molecule has 0 N–H and O–H groups in total. The monoisotopic (exact) mass is 219 g/mol. The number of hydrogen-bond acceptors (Lipinski definition) is 0. The van der Waals surface area contributed by atoms with Crippen molar-refractivity contribution in [2.75, 3.05) is 13.6 Å². The van der Waals surface area contributed by atoms with Crippen LogP contribution in [-0.4, -0.2) is 13.6 Å². The summed E-state index contributed by atoms with van der Waals surface area (Å²) < 4.78 is 0. The van der Waals surface area contributed by atoms with Gasteiger partial charge >= 0.3 is 58.2 Å². The van der Waals surface area contributed by atoms with Gasteiger partial charge in [-0.3, -0.25) is 0 Å². The average molecular weight is 220 g/mol. The molecule has 0 aliphatic heterocycles. The van der Waals surface area contributed by atoms with E-state index in [0.717, 1.165) is 13.0 Å². The van der Waals surface area contributed by atoms with Crippen LogP contribution in [-0.2, 0) is 6.42 Å². The van der Waals surface area contributed by atoms with E-state index in [9.17, 15) is 0 Å². The molecule has 1 aromatic carbocycles. The molecule has 0 saturated carbocycles. The molecule has 0 atom stereocenters. The third kappa shape index (κ3) is 5.26. The summed E-state index contributed by atoms with van der Waals surface area (Å²) in [6, 6.07) is 10.4. The Labute approximate surface area is 117 Å². The Kier molecular flexibility index (Phi) is 8.31. The third-order valence-corrected chi connectivity index (χ3v) is 1.47. The molecule has 2 heteroatoms. The molecule has 0 heterocycles. The number of benzene rings is 1. The Bertz CT molecular complexity index is 174. The zero-order valence-corrected chi connectivity index (χ0v) is 12.2. The molecule has 0 radical (unpaired) electrons. The molecule has 0 bridgehead atoms. The van der Waals surface area contributed by atoms with Crippen molar-refractivity contribution in [3.05, 3.63) is 41.2 Å². The van der Waals surface area contributed by atoms with E-state index in [1.165, 1.54) is 5.56 Å². The van der Waals surface area contributed by atoms with Crippen LogP contribution >= 0.6 is 0 Å². The van der Waals surface area contributed by atoms with Gasteiger partial charge in [-0.2, -0.15) is 7.05 Å². The van der Waals surface area contributed by atoms with Gasteiger partial charge in [0.2, 0.25) is 0 Å². The van der Waals surface area contributed by atoms with Crippen LogP contribution in [0, 0.1) is 0 Å². The van der Waals surface area contributed by atoms with Crippen LogP contribution in [0.5, 0.6) is 0 Å². The minimum atomic E-state index is 0. The smallest absolute Gasteiger partial charge is 0.665 e. The van der Waals surface area contributed by atoms with Crippen molar-refractivity contribution in [2.45, 2.75) is 6.42 Å². The maximum absolute atomic E-state index is 4.03. The zero-order chi connectivity index (χ0) is 7.23. The minimum Gasteiger partial charge on any atom is -0.665 e. The second-order valence-corrected chi connectivity index (χ2v) is 2.28. The molecule has 54 valence electrons. The topological polar surface area (TPSA) is 14.1 Å². The molecule has 1 aromatic rings. The fourth-order valence-electron chi connectivity index (χ4n) is 0.886. The van der Waals surface area contributed by atoms with E-state index in [-0.39, 0.29) is 58.2 Å². The van der Waals surface area contributed by atoms with Crippen LogP contribution < -0.4 is 58.2 Å². The van der Waals surface area contributed by atoms with Gasteiger partial charge in [0.05, 0.1) is 0 Å². The first-order chi connectivity index (χ1) is 4.93. The fourth-order valence-corrected chi connectivity index (χ4v) is 0.886. The summed E-state index contributed by atoms with van der Waals surface area (Å²) in [5.41, 5.74) is 1.37. The molecule has 0 fully saturated rings. The molecule has 1 rings (SSSR count). The zero-order valence-electron chi connectivity index (χ0n) is 7.25. The van der Waals surface area contributed by atoms with E-state index in [1.807, 2.05) is 13.1 Å². The standard InChI is InChI=1S/C9H12N.Rb/c1-10-8-7-9-5-3-2-4-6-9;/h2-6H,7-8H2,1H3;/q-1;+1. The van der Waals surface area contributed by atoms with Crippen LogP contribution in [0.2, 0.25) is 0 Å². The average Bonchev–Trinajstić information content (AvgIpc) is 2.03. The molecular weight excluding hydrogens is 208 g/mol. The number of nitrogens with zero attached hydrogens (tertiary/aromatic N) is 1. The third-order valence-electron chi connectivity index (χ3n) is 1.47. The number of likely N-dealkylation sites (N-methyl/N-ethyl adjacent to an activating group) is 1. The van der Waals surface area contributed by atoms with Crippen molar-refractivity contribution in [1.29, 1.82) is 0 Å². The largest absolute Gasteiger partial charge is 1.00 e. The quantitative estimate of drug-likeness (QED) is 0.635. The second-order valence-electron chi connectivity index (χ2n) is 2.28. The van der Waals surface area contributed by atoms with Gasteiger partial charge in [-0.15, -0.1) is 6.54 Å². The van der Waals surface area contributed by atoms with Gasteiger partial charge in [-0.1, -0.05) is 30.3 Å². The minimum absolute atomic E-state index is 0. The van der Waals surface area contributed by atoms with Crippen LogP contribution in [0.4, 0.5) is 0 Å². The SMILES string of the molecule is C[N-]CCc1ccccc1.[Rb+]. The summed E-state index contributed by atoms with van der Waals surface area (Å²) in [6.07, 6.45) is 1.07. The molecule has 0 spiro atoms. The summed E-state index contributed by atoms with van der Waals surface area (Å²) in [6.45, 7) is 0.935. The summed E-state index contributed by atoms with van der Waals surface area (Å²) in [7, 11) is 1.85.